The highest BCUT2D eigenvalue weighted by Crippen LogP contribution is 2.45. The molecule has 0 N–H and O–H groups in total. The van der Waals surface area contributed by atoms with Crippen molar-refractivity contribution in [2.75, 3.05) is 12.4 Å². The highest BCUT2D eigenvalue weighted by molar-refractivity contribution is 7.99. The minimum atomic E-state index is -0.239. The number of benzene rings is 2. The van der Waals surface area contributed by atoms with E-state index in [9.17, 15) is 0 Å². The smallest absolute Gasteiger partial charge is 0.197 e. The molecule has 3 heteroatoms. The number of rotatable bonds is 9. The second kappa shape index (κ2) is 10.9. The quantitative estimate of drug-likeness (QED) is 0.224. The molecule has 2 aromatic rings. The van der Waals surface area contributed by atoms with Gasteiger partial charge in [0.1, 0.15) is 5.75 Å². The van der Waals surface area contributed by atoms with Gasteiger partial charge in [0.05, 0.1) is 6.61 Å². The zero-order valence-corrected chi connectivity index (χ0v) is 21.1. The van der Waals surface area contributed by atoms with E-state index in [1.54, 1.807) is 5.56 Å². The second-order valence-electron chi connectivity index (χ2n) is 10.1. The predicted octanol–water partition coefficient (Wildman–Crippen LogP) is 7.88. The molecule has 0 saturated heterocycles. The number of thioether (sulfide) groups is 1. The zero-order chi connectivity index (χ0) is 22.4. The summed E-state index contributed by atoms with van der Waals surface area (Å²) in [5.41, 5.74) is 4.75. The topological polar surface area (TPSA) is 18.5 Å². The molecule has 0 heterocycles. The summed E-state index contributed by atoms with van der Waals surface area (Å²) in [5, 5.41) is 0. The Morgan fingerprint density at radius 3 is 2.23 bits per heavy atom. The molecule has 2 atom stereocenters. The predicted molar refractivity (Wildman–Crippen MR) is 133 cm³/mol. The van der Waals surface area contributed by atoms with Crippen molar-refractivity contribution in [1.82, 2.24) is 0 Å². The molecule has 170 valence electrons. The molecule has 0 aliphatic heterocycles. The third kappa shape index (κ3) is 6.52. The van der Waals surface area contributed by atoms with Gasteiger partial charge in [0.25, 0.3) is 0 Å². The highest BCUT2D eigenvalue weighted by Gasteiger charge is 2.32. The lowest BCUT2D eigenvalue weighted by Gasteiger charge is -2.37. The summed E-state index contributed by atoms with van der Waals surface area (Å²) in [6.45, 7) is 14.5. The Bertz CT molecular complexity index is 823. The van der Waals surface area contributed by atoms with Crippen molar-refractivity contribution in [3.8, 4) is 5.75 Å². The molecule has 2 nitrogen and oxygen atoms in total. The Labute approximate surface area is 194 Å². The van der Waals surface area contributed by atoms with E-state index >= 15 is 0 Å². The molecule has 0 bridgehead atoms. The number of fused-ring (bicyclic) bond motifs is 1. The fraction of sp³-hybridized carbons (Fsp3) is 0.571. The summed E-state index contributed by atoms with van der Waals surface area (Å²) in [4.78, 5) is 1.28. The standard InChI is InChI=1S/C28H40O2S/c1-20(2)27(28(4,5)6)25-16-17-26(24-15-11-10-14-23(24)25)30-21(3)29-18-19-31-22-12-8-7-9-13-22/h7-9,12-13,16-17,20-21,27H,10-11,14-15,18-19H2,1-6H3. The zero-order valence-electron chi connectivity index (χ0n) is 20.2. The lowest BCUT2D eigenvalue weighted by Crippen LogP contribution is -2.26. The molecule has 0 aromatic heterocycles. The first-order chi connectivity index (χ1) is 14.8. The average Bonchev–Trinajstić information content (AvgIpc) is 2.72. The molecule has 0 spiro atoms. The summed E-state index contributed by atoms with van der Waals surface area (Å²) in [6, 6.07) is 15.0. The van der Waals surface area contributed by atoms with Gasteiger partial charge in [-0.25, -0.2) is 0 Å². The Morgan fingerprint density at radius 1 is 0.903 bits per heavy atom. The second-order valence-corrected chi connectivity index (χ2v) is 11.3. The van der Waals surface area contributed by atoms with Gasteiger partial charge in [-0.05, 0) is 84.7 Å². The largest absolute Gasteiger partial charge is 0.465 e. The van der Waals surface area contributed by atoms with Gasteiger partial charge >= 0.3 is 0 Å². The number of hydrogen-bond acceptors (Lipinski definition) is 3. The van der Waals surface area contributed by atoms with Gasteiger partial charge in [-0.3, -0.25) is 0 Å². The monoisotopic (exact) mass is 440 g/mol. The van der Waals surface area contributed by atoms with Crippen LogP contribution in [0.25, 0.3) is 0 Å². The third-order valence-electron chi connectivity index (χ3n) is 6.20. The van der Waals surface area contributed by atoms with Gasteiger partial charge in [0.2, 0.25) is 0 Å². The Kier molecular flexibility index (Phi) is 8.52. The maximum absolute atomic E-state index is 6.31. The summed E-state index contributed by atoms with van der Waals surface area (Å²) in [5.74, 6) is 3.12. The summed E-state index contributed by atoms with van der Waals surface area (Å²) < 4.78 is 12.3. The lowest BCUT2D eigenvalue weighted by atomic mass is 9.68. The summed E-state index contributed by atoms with van der Waals surface area (Å²) in [7, 11) is 0. The molecule has 1 aliphatic carbocycles. The van der Waals surface area contributed by atoms with Crippen molar-refractivity contribution in [2.24, 2.45) is 11.3 Å². The van der Waals surface area contributed by atoms with Crippen molar-refractivity contribution in [1.29, 1.82) is 0 Å². The molecule has 31 heavy (non-hydrogen) atoms. The van der Waals surface area contributed by atoms with E-state index in [2.05, 4.69) is 71.0 Å². The Balaban J connectivity index is 1.67. The average molecular weight is 441 g/mol. The first-order valence-electron chi connectivity index (χ1n) is 11.9. The molecule has 0 fully saturated rings. The van der Waals surface area contributed by atoms with Crippen molar-refractivity contribution >= 4 is 11.8 Å². The fourth-order valence-electron chi connectivity index (χ4n) is 5.19. The first-order valence-corrected chi connectivity index (χ1v) is 12.9. The number of ether oxygens (including phenoxy) is 2. The Morgan fingerprint density at radius 2 is 1.58 bits per heavy atom. The summed E-state index contributed by atoms with van der Waals surface area (Å²) in [6.07, 6.45) is 4.57. The van der Waals surface area contributed by atoms with Gasteiger partial charge < -0.3 is 9.47 Å². The lowest BCUT2D eigenvalue weighted by molar-refractivity contribution is -0.0608. The van der Waals surface area contributed by atoms with E-state index in [-0.39, 0.29) is 11.7 Å². The van der Waals surface area contributed by atoms with Gasteiger partial charge in [-0.2, -0.15) is 0 Å². The third-order valence-corrected chi connectivity index (χ3v) is 7.18. The van der Waals surface area contributed by atoms with E-state index < -0.39 is 0 Å². The van der Waals surface area contributed by atoms with Crippen molar-refractivity contribution in [3.05, 3.63) is 59.2 Å². The highest BCUT2D eigenvalue weighted by atomic mass is 32.2. The minimum absolute atomic E-state index is 0.239. The minimum Gasteiger partial charge on any atom is -0.465 e. The molecule has 2 unspecified atom stereocenters. The van der Waals surface area contributed by atoms with Crippen LogP contribution in [0.2, 0.25) is 0 Å². The van der Waals surface area contributed by atoms with Gasteiger partial charge in [-0.15, -0.1) is 11.8 Å². The van der Waals surface area contributed by atoms with Crippen LogP contribution in [-0.4, -0.2) is 18.6 Å². The van der Waals surface area contributed by atoms with Crippen molar-refractivity contribution < 1.29 is 9.47 Å². The van der Waals surface area contributed by atoms with Crippen molar-refractivity contribution in [2.45, 2.75) is 84.3 Å². The summed E-state index contributed by atoms with van der Waals surface area (Å²) >= 11 is 1.82. The molecular weight excluding hydrogens is 400 g/mol. The first kappa shape index (κ1) is 24.2. The molecule has 0 amide bonds. The van der Waals surface area contributed by atoms with E-state index in [1.165, 1.54) is 35.3 Å². The van der Waals surface area contributed by atoms with E-state index in [0.717, 1.165) is 17.9 Å². The van der Waals surface area contributed by atoms with Crippen LogP contribution in [0.15, 0.2) is 47.4 Å². The maximum atomic E-state index is 6.31. The van der Waals surface area contributed by atoms with Crippen LogP contribution in [0.5, 0.6) is 5.75 Å². The van der Waals surface area contributed by atoms with Gasteiger partial charge in [0, 0.05) is 10.6 Å². The molecular formula is C28H40O2S. The van der Waals surface area contributed by atoms with Gasteiger partial charge in [-0.1, -0.05) is 58.9 Å². The normalized spacial score (nSPS) is 16.1. The van der Waals surface area contributed by atoms with Gasteiger partial charge in [0.15, 0.2) is 6.29 Å². The number of hydrogen-bond donors (Lipinski definition) is 0. The van der Waals surface area contributed by atoms with Crippen LogP contribution in [-0.2, 0) is 17.6 Å². The van der Waals surface area contributed by atoms with E-state index in [1.807, 2.05) is 24.8 Å². The molecule has 2 aromatic carbocycles. The maximum Gasteiger partial charge on any atom is 0.197 e. The van der Waals surface area contributed by atoms with E-state index in [4.69, 9.17) is 9.47 Å². The van der Waals surface area contributed by atoms with Crippen LogP contribution in [0.4, 0.5) is 0 Å². The van der Waals surface area contributed by atoms with Crippen LogP contribution in [0.3, 0.4) is 0 Å². The molecule has 0 saturated carbocycles. The van der Waals surface area contributed by atoms with Crippen molar-refractivity contribution in [3.63, 3.8) is 0 Å². The molecule has 3 rings (SSSR count). The molecule has 1 aliphatic rings. The Hall–Kier alpha value is -1.45. The van der Waals surface area contributed by atoms with Crippen LogP contribution >= 0.6 is 11.8 Å². The fourth-order valence-corrected chi connectivity index (χ4v) is 5.96. The van der Waals surface area contributed by atoms with Crippen LogP contribution in [0, 0.1) is 11.3 Å². The van der Waals surface area contributed by atoms with Crippen LogP contribution < -0.4 is 4.74 Å². The SMILES string of the molecule is CC(OCCSc1ccccc1)Oc1ccc(C(C(C)C)C(C)(C)C)c2c1CCCC2. The van der Waals surface area contributed by atoms with Crippen LogP contribution in [0.1, 0.15) is 77.0 Å². The van der Waals surface area contributed by atoms with E-state index in [0.29, 0.717) is 18.4 Å². The molecule has 0 radical (unpaired) electrons.